The quantitative estimate of drug-likeness (QED) is 0.733. The second kappa shape index (κ2) is 3.66. The van der Waals surface area contributed by atoms with Gasteiger partial charge in [-0.1, -0.05) is 15.9 Å². The van der Waals surface area contributed by atoms with E-state index in [4.69, 9.17) is 0 Å². The minimum atomic E-state index is -0.170. The van der Waals surface area contributed by atoms with Crippen molar-refractivity contribution in [1.29, 1.82) is 0 Å². The predicted octanol–water partition coefficient (Wildman–Crippen LogP) is 3.19. The third-order valence-electron chi connectivity index (χ3n) is 2.32. The lowest BCUT2D eigenvalue weighted by atomic mass is 10.3. The highest BCUT2D eigenvalue weighted by Gasteiger charge is 2.13. The molecule has 0 radical (unpaired) electrons. The van der Waals surface area contributed by atoms with Gasteiger partial charge in [-0.3, -0.25) is 0 Å². The molecule has 0 aromatic heterocycles. The van der Waals surface area contributed by atoms with Crippen LogP contribution >= 0.6 is 15.9 Å². The van der Waals surface area contributed by atoms with Crippen molar-refractivity contribution in [3.8, 4) is 0 Å². The Morgan fingerprint density at radius 3 is 2.46 bits per heavy atom. The molecule has 70 valence electrons. The molecule has 0 spiro atoms. The fraction of sp³-hybridized carbons (Fsp3) is 0.400. The molecule has 1 aromatic carbocycles. The lowest BCUT2D eigenvalue weighted by molar-refractivity contribution is 0.626. The lowest BCUT2D eigenvalue weighted by Crippen LogP contribution is -2.17. The summed E-state index contributed by atoms with van der Waals surface area (Å²) in [6.45, 7) is 2.10. The van der Waals surface area contributed by atoms with E-state index in [1.54, 1.807) is 6.07 Å². The molecule has 2 rings (SSSR count). The molecule has 0 unspecified atom stereocenters. The molecule has 1 fully saturated rings. The second-order valence-corrected chi connectivity index (χ2v) is 4.24. The van der Waals surface area contributed by atoms with Crippen LogP contribution in [-0.4, -0.2) is 13.1 Å². The maximum absolute atomic E-state index is 13.0. The molecule has 0 atom stereocenters. The minimum Gasteiger partial charge on any atom is -0.371 e. The molecule has 0 saturated carbocycles. The molecular weight excluding hydrogens is 233 g/mol. The average molecular weight is 244 g/mol. The molecule has 1 heterocycles. The van der Waals surface area contributed by atoms with Gasteiger partial charge in [0.15, 0.2) is 0 Å². The van der Waals surface area contributed by atoms with Crippen molar-refractivity contribution in [2.45, 2.75) is 12.8 Å². The molecule has 0 bridgehead atoms. The van der Waals surface area contributed by atoms with E-state index in [1.807, 2.05) is 6.07 Å². The van der Waals surface area contributed by atoms with Crippen LogP contribution in [-0.2, 0) is 0 Å². The topological polar surface area (TPSA) is 3.24 Å². The molecule has 1 aliphatic heterocycles. The molecule has 0 aliphatic carbocycles. The number of anilines is 1. The van der Waals surface area contributed by atoms with Crippen LogP contribution < -0.4 is 4.90 Å². The number of rotatable bonds is 1. The van der Waals surface area contributed by atoms with E-state index in [2.05, 4.69) is 20.8 Å². The van der Waals surface area contributed by atoms with E-state index in [0.29, 0.717) is 0 Å². The minimum absolute atomic E-state index is 0.170. The third kappa shape index (κ3) is 2.02. The Labute approximate surface area is 85.7 Å². The van der Waals surface area contributed by atoms with Crippen molar-refractivity contribution in [3.63, 3.8) is 0 Å². The standard InChI is InChI=1S/C10H11BrFN/c11-8-5-9(12)7-10(6-8)13-3-1-2-4-13/h5-7H,1-4H2. The summed E-state index contributed by atoms with van der Waals surface area (Å²) in [6.07, 6.45) is 2.43. The highest BCUT2D eigenvalue weighted by molar-refractivity contribution is 9.10. The van der Waals surface area contributed by atoms with Gasteiger partial charge in [0.25, 0.3) is 0 Å². The summed E-state index contributed by atoms with van der Waals surface area (Å²) in [6, 6.07) is 5.05. The van der Waals surface area contributed by atoms with E-state index in [1.165, 1.54) is 18.9 Å². The maximum Gasteiger partial charge on any atom is 0.126 e. The Hall–Kier alpha value is -0.570. The van der Waals surface area contributed by atoms with E-state index in [-0.39, 0.29) is 5.82 Å². The number of hydrogen-bond donors (Lipinski definition) is 0. The van der Waals surface area contributed by atoms with Gasteiger partial charge in [0, 0.05) is 23.2 Å². The summed E-state index contributed by atoms with van der Waals surface area (Å²) in [5, 5.41) is 0. The van der Waals surface area contributed by atoms with Crippen LogP contribution in [0, 0.1) is 5.82 Å². The first kappa shape index (κ1) is 9.00. The van der Waals surface area contributed by atoms with Crippen LogP contribution in [0.5, 0.6) is 0 Å². The zero-order valence-electron chi connectivity index (χ0n) is 7.26. The van der Waals surface area contributed by atoms with Crippen molar-refractivity contribution in [3.05, 3.63) is 28.5 Å². The summed E-state index contributed by atoms with van der Waals surface area (Å²) in [4.78, 5) is 2.22. The Bertz CT molecular complexity index is 288. The van der Waals surface area contributed by atoms with Crippen molar-refractivity contribution in [2.75, 3.05) is 18.0 Å². The first-order valence-electron chi connectivity index (χ1n) is 4.47. The number of nitrogens with zero attached hydrogens (tertiary/aromatic N) is 1. The molecule has 0 N–H and O–H groups in total. The molecule has 3 heteroatoms. The summed E-state index contributed by atoms with van der Waals surface area (Å²) in [5.41, 5.74) is 0.990. The van der Waals surface area contributed by atoms with E-state index < -0.39 is 0 Å². The van der Waals surface area contributed by atoms with Crippen LogP contribution in [0.3, 0.4) is 0 Å². The Kier molecular flexibility index (Phi) is 2.54. The van der Waals surface area contributed by atoms with Gasteiger partial charge < -0.3 is 4.90 Å². The lowest BCUT2D eigenvalue weighted by Gasteiger charge is -2.17. The van der Waals surface area contributed by atoms with Gasteiger partial charge >= 0.3 is 0 Å². The Balaban J connectivity index is 2.28. The average Bonchev–Trinajstić information content (AvgIpc) is 2.53. The van der Waals surface area contributed by atoms with Crippen LogP contribution in [0.1, 0.15) is 12.8 Å². The first-order chi connectivity index (χ1) is 6.25. The third-order valence-corrected chi connectivity index (χ3v) is 2.78. The monoisotopic (exact) mass is 243 g/mol. The smallest absolute Gasteiger partial charge is 0.126 e. The van der Waals surface area contributed by atoms with E-state index in [0.717, 1.165) is 23.2 Å². The molecular formula is C10H11BrFN. The van der Waals surface area contributed by atoms with Crippen molar-refractivity contribution in [2.24, 2.45) is 0 Å². The largest absolute Gasteiger partial charge is 0.371 e. The Morgan fingerprint density at radius 2 is 1.85 bits per heavy atom. The highest BCUT2D eigenvalue weighted by Crippen LogP contribution is 2.24. The van der Waals surface area contributed by atoms with Crippen molar-refractivity contribution >= 4 is 21.6 Å². The van der Waals surface area contributed by atoms with Gasteiger partial charge in [-0.05, 0) is 31.0 Å². The fourth-order valence-electron chi connectivity index (χ4n) is 1.70. The zero-order chi connectivity index (χ0) is 9.26. The zero-order valence-corrected chi connectivity index (χ0v) is 8.85. The van der Waals surface area contributed by atoms with E-state index >= 15 is 0 Å². The normalized spacial score (nSPS) is 16.6. The molecule has 1 aliphatic rings. The predicted molar refractivity (Wildman–Crippen MR) is 55.5 cm³/mol. The first-order valence-corrected chi connectivity index (χ1v) is 5.26. The summed E-state index contributed by atoms with van der Waals surface area (Å²) >= 11 is 3.29. The van der Waals surface area contributed by atoms with Gasteiger partial charge in [0.1, 0.15) is 5.82 Å². The molecule has 1 saturated heterocycles. The van der Waals surface area contributed by atoms with Crippen LogP contribution in [0.25, 0.3) is 0 Å². The second-order valence-electron chi connectivity index (χ2n) is 3.32. The number of hydrogen-bond acceptors (Lipinski definition) is 1. The fourth-order valence-corrected chi connectivity index (χ4v) is 2.15. The molecule has 0 amide bonds. The van der Waals surface area contributed by atoms with Gasteiger partial charge in [0.05, 0.1) is 0 Å². The Morgan fingerprint density at radius 1 is 1.15 bits per heavy atom. The van der Waals surface area contributed by atoms with Crippen LogP contribution in [0.15, 0.2) is 22.7 Å². The van der Waals surface area contributed by atoms with Gasteiger partial charge in [-0.15, -0.1) is 0 Å². The van der Waals surface area contributed by atoms with Crippen LogP contribution in [0.4, 0.5) is 10.1 Å². The van der Waals surface area contributed by atoms with Crippen LogP contribution in [0.2, 0.25) is 0 Å². The SMILES string of the molecule is Fc1cc(Br)cc(N2CCCC2)c1. The van der Waals surface area contributed by atoms with Crippen molar-refractivity contribution in [1.82, 2.24) is 0 Å². The van der Waals surface area contributed by atoms with E-state index in [9.17, 15) is 4.39 Å². The van der Waals surface area contributed by atoms with Gasteiger partial charge in [-0.2, -0.15) is 0 Å². The number of halogens is 2. The number of benzene rings is 1. The summed E-state index contributed by atoms with van der Waals surface area (Å²) in [7, 11) is 0. The maximum atomic E-state index is 13.0. The molecule has 1 nitrogen and oxygen atoms in total. The summed E-state index contributed by atoms with van der Waals surface area (Å²) < 4.78 is 13.8. The highest BCUT2D eigenvalue weighted by atomic mass is 79.9. The molecule has 13 heavy (non-hydrogen) atoms. The van der Waals surface area contributed by atoms with Gasteiger partial charge in [0.2, 0.25) is 0 Å². The van der Waals surface area contributed by atoms with Gasteiger partial charge in [-0.25, -0.2) is 4.39 Å². The molecule has 1 aromatic rings. The summed E-state index contributed by atoms with van der Waals surface area (Å²) in [5.74, 6) is -0.170. The van der Waals surface area contributed by atoms with Crippen molar-refractivity contribution < 1.29 is 4.39 Å².